The van der Waals surface area contributed by atoms with Crippen LogP contribution in [0.15, 0.2) is 84.9 Å². The SMILES string of the molecule is CCCC[Si](C)(C)c1ccc(-c2ccc(-c3ccc(-c4ccc(O)cc4)cc3)c(F)c2F)cc1. The van der Waals surface area contributed by atoms with Gasteiger partial charge in [-0.15, -0.1) is 0 Å². The third-order valence-electron chi connectivity index (χ3n) is 6.61. The van der Waals surface area contributed by atoms with Gasteiger partial charge in [0.05, 0.1) is 8.07 Å². The van der Waals surface area contributed by atoms with E-state index in [2.05, 4.69) is 32.2 Å². The lowest BCUT2D eigenvalue weighted by Crippen LogP contribution is -2.40. The Balaban J connectivity index is 1.59. The first-order valence-electron chi connectivity index (χ1n) is 11.8. The van der Waals surface area contributed by atoms with Gasteiger partial charge in [0.25, 0.3) is 0 Å². The van der Waals surface area contributed by atoms with Crippen LogP contribution in [-0.4, -0.2) is 13.2 Å². The molecule has 0 aliphatic rings. The first kappa shape index (κ1) is 23.9. The molecule has 4 aromatic carbocycles. The van der Waals surface area contributed by atoms with Gasteiger partial charge in [0.2, 0.25) is 0 Å². The van der Waals surface area contributed by atoms with Crippen molar-refractivity contribution in [3.8, 4) is 39.1 Å². The number of rotatable bonds is 7. The maximum Gasteiger partial charge on any atom is 0.167 e. The van der Waals surface area contributed by atoms with Crippen molar-refractivity contribution in [2.75, 3.05) is 0 Å². The van der Waals surface area contributed by atoms with E-state index in [0.29, 0.717) is 11.1 Å². The Kier molecular flexibility index (Phi) is 6.99. The molecule has 0 fully saturated rings. The second kappa shape index (κ2) is 9.94. The molecule has 4 aromatic rings. The fourth-order valence-electron chi connectivity index (χ4n) is 4.36. The lowest BCUT2D eigenvalue weighted by Gasteiger charge is -2.23. The molecule has 0 atom stereocenters. The van der Waals surface area contributed by atoms with Crippen molar-refractivity contribution in [3.05, 3.63) is 96.6 Å². The second-order valence-electron chi connectivity index (χ2n) is 9.48. The highest BCUT2D eigenvalue weighted by atomic mass is 28.3. The van der Waals surface area contributed by atoms with Crippen LogP contribution < -0.4 is 5.19 Å². The van der Waals surface area contributed by atoms with E-state index in [-0.39, 0.29) is 16.9 Å². The Bertz CT molecular complexity index is 1260. The van der Waals surface area contributed by atoms with Gasteiger partial charge in [0, 0.05) is 11.1 Å². The molecule has 174 valence electrons. The molecule has 4 heteroatoms. The molecular formula is C30H30F2OSi. The fraction of sp³-hybridized carbons (Fsp3) is 0.200. The molecule has 0 amide bonds. The van der Waals surface area contributed by atoms with Crippen LogP contribution in [-0.2, 0) is 0 Å². The summed E-state index contributed by atoms with van der Waals surface area (Å²) in [5.74, 6) is -1.46. The highest BCUT2D eigenvalue weighted by molar-refractivity contribution is 6.89. The molecule has 0 aliphatic carbocycles. The molecule has 0 saturated carbocycles. The average Bonchev–Trinajstić information content (AvgIpc) is 2.85. The summed E-state index contributed by atoms with van der Waals surface area (Å²) in [4.78, 5) is 0. The molecule has 0 heterocycles. The summed E-state index contributed by atoms with van der Waals surface area (Å²) in [6.07, 6.45) is 2.41. The zero-order valence-electron chi connectivity index (χ0n) is 19.9. The number of phenols is 1. The molecule has 0 radical (unpaired) electrons. The maximum atomic E-state index is 15.1. The number of hydrogen-bond donors (Lipinski definition) is 1. The van der Waals surface area contributed by atoms with E-state index in [1.807, 2.05) is 36.4 Å². The minimum atomic E-state index is -1.51. The molecule has 1 nitrogen and oxygen atoms in total. The summed E-state index contributed by atoms with van der Waals surface area (Å²) >= 11 is 0. The van der Waals surface area contributed by atoms with Crippen LogP contribution in [0.2, 0.25) is 19.1 Å². The largest absolute Gasteiger partial charge is 0.508 e. The summed E-state index contributed by atoms with van der Waals surface area (Å²) in [7, 11) is -1.51. The van der Waals surface area contributed by atoms with Crippen molar-refractivity contribution in [2.45, 2.75) is 38.9 Å². The highest BCUT2D eigenvalue weighted by Gasteiger charge is 2.23. The lowest BCUT2D eigenvalue weighted by atomic mass is 9.97. The first-order chi connectivity index (χ1) is 16.3. The zero-order valence-corrected chi connectivity index (χ0v) is 20.9. The number of benzene rings is 4. The molecule has 0 bridgehead atoms. The molecule has 34 heavy (non-hydrogen) atoms. The number of aromatic hydroxyl groups is 1. The van der Waals surface area contributed by atoms with Crippen molar-refractivity contribution >= 4 is 13.3 Å². The van der Waals surface area contributed by atoms with E-state index in [1.54, 1.807) is 36.4 Å². The van der Waals surface area contributed by atoms with E-state index in [1.165, 1.54) is 24.1 Å². The quantitative estimate of drug-likeness (QED) is 0.268. The van der Waals surface area contributed by atoms with E-state index < -0.39 is 19.7 Å². The number of halogens is 2. The van der Waals surface area contributed by atoms with Crippen LogP contribution in [0.4, 0.5) is 8.78 Å². The van der Waals surface area contributed by atoms with Crippen molar-refractivity contribution in [3.63, 3.8) is 0 Å². The molecule has 1 N–H and O–H groups in total. The molecule has 0 saturated heterocycles. The number of hydrogen-bond acceptors (Lipinski definition) is 1. The van der Waals surface area contributed by atoms with Gasteiger partial charge >= 0.3 is 0 Å². The number of phenolic OH excluding ortho intramolecular Hbond substituents is 1. The molecule has 0 unspecified atom stereocenters. The van der Waals surface area contributed by atoms with Gasteiger partial charge in [-0.25, -0.2) is 8.78 Å². The summed E-state index contributed by atoms with van der Waals surface area (Å²) in [5, 5.41) is 10.8. The van der Waals surface area contributed by atoms with Crippen LogP contribution in [0.25, 0.3) is 33.4 Å². The zero-order chi connectivity index (χ0) is 24.3. The van der Waals surface area contributed by atoms with Crippen molar-refractivity contribution < 1.29 is 13.9 Å². The van der Waals surface area contributed by atoms with E-state index in [9.17, 15) is 5.11 Å². The maximum absolute atomic E-state index is 15.1. The molecule has 4 rings (SSSR count). The highest BCUT2D eigenvalue weighted by Crippen LogP contribution is 2.33. The Hall–Kier alpha value is -3.24. The fourth-order valence-corrected chi connectivity index (χ4v) is 6.95. The van der Waals surface area contributed by atoms with Crippen molar-refractivity contribution in [1.82, 2.24) is 0 Å². The van der Waals surface area contributed by atoms with Crippen molar-refractivity contribution in [2.24, 2.45) is 0 Å². The first-order valence-corrected chi connectivity index (χ1v) is 15.0. The van der Waals surface area contributed by atoms with Gasteiger partial charge in [0.15, 0.2) is 11.6 Å². The molecular weight excluding hydrogens is 442 g/mol. The summed E-state index contributed by atoms with van der Waals surface area (Å²) in [6.45, 7) is 6.93. The summed E-state index contributed by atoms with van der Waals surface area (Å²) < 4.78 is 30.2. The van der Waals surface area contributed by atoms with Crippen LogP contribution in [0, 0.1) is 11.6 Å². The van der Waals surface area contributed by atoms with Crippen LogP contribution in [0.5, 0.6) is 5.75 Å². The topological polar surface area (TPSA) is 20.2 Å². The average molecular weight is 473 g/mol. The van der Waals surface area contributed by atoms with Gasteiger partial charge in [-0.2, -0.15) is 0 Å². The molecule has 0 aliphatic heterocycles. The monoisotopic (exact) mass is 472 g/mol. The van der Waals surface area contributed by atoms with E-state index >= 15 is 8.78 Å². The Morgan fingerprint density at radius 3 is 1.50 bits per heavy atom. The number of unbranched alkanes of at least 4 members (excludes halogenated alkanes) is 1. The van der Waals surface area contributed by atoms with Crippen molar-refractivity contribution in [1.29, 1.82) is 0 Å². The lowest BCUT2D eigenvalue weighted by molar-refractivity contribution is 0.475. The van der Waals surface area contributed by atoms with Crippen LogP contribution >= 0.6 is 0 Å². The van der Waals surface area contributed by atoms with E-state index in [4.69, 9.17) is 0 Å². The van der Waals surface area contributed by atoms with Crippen LogP contribution in [0.1, 0.15) is 19.8 Å². The molecule has 0 spiro atoms. The smallest absolute Gasteiger partial charge is 0.167 e. The van der Waals surface area contributed by atoms with Gasteiger partial charge in [0.1, 0.15) is 5.75 Å². The Labute approximate surface area is 201 Å². The summed E-state index contributed by atoms with van der Waals surface area (Å²) in [5.41, 5.74) is 3.70. The third kappa shape index (κ3) is 4.97. The standard InChI is InChI=1S/C30H30F2OSi/c1-4-5-20-34(2,3)26-16-12-24(13-17-26)28-19-18-27(29(31)30(28)32)23-8-6-21(7-9-23)22-10-14-25(33)15-11-22/h6-19,33H,4-5,20H2,1-3H3. The minimum absolute atomic E-state index is 0.204. The predicted octanol–water partition coefficient (Wildman–Crippen LogP) is 8.39. The normalized spacial score (nSPS) is 11.6. The Morgan fingerprint density at radius 1 is 0.618 bits per heavy atom. The van der Waals surface area contributed by atoms with Gasteiger partial charge < -0.3 is 5.11 Å². The van der Waals surface area contributed by atoms with Gasteiger partial charge in [-0.1, -0.05) is 117 Å². The van der Waals surface area contributed by atoms with Gasteiger partial charge in [-0.3, -0.25) is 0 Å². The molecule has 0 aromatic heterocycles. The second-order valence-corrected chi connectivity index (χ2v) is 14.3. The van der Waals surface area contributed by atoms with E-state index in [0.717, 1.165) is 11.1 Å². The third-order valence-corrected chi connectivity index (χ3v) is 10.1. The predicted molar refractivity (Wildman–Crippen MR) is 141 cm³/mol. The van der Waals surface area contributed by atoms with Gasteiger partial charge in [-0.05, 0) is 34.4 Å². The van der Waals surface area contributed by atoms with Crippen LogP contribution in [0.3, 0.4) is 0 Å². The summed E-state index contributed by atoms with van der Waals surface area (Å²) in [6, 6.07) is 26.8. The Morgan fingerprint density at radius 2 is 1.03 bits per heavy atom. The minimum Gasteiger partial charge on any atom is -0.508 e.